The highest BCUT2D eigenvalue weighted by Crippen LogP contribution is 2.29. The van der Waals surface area contributed by atoms with Gasteiger partial charge in [0.05, 0.1) is 24.1 Å². The van der Waals surface area contributed by atoms with E-state index in [-0.39, 0.29) is 35.9 Å². The van der Waals surface area contributed by atoms with Crippen molar-refractivity contribution in [2.45, 2.75) is 77.2 Å². The number of cyclic esters (lactones) is 1. The molecule has 1 aromatic carbocycles. The van der Waals surface area contributed by atoms with Crippen LogP contribution in [0, 0.1) is 17.7 Å². The Kier molecular flexibility index (Phi) is 10.9. The second-order valence-corrected chi connectivity index (χ2v) is 13.0. The van der Waals surface area contributed by atoms with E-state index in [1.807, 2.05) is 56.8 Å². The molecule has 0 spiro atoms. The molecule has 45 heavy (non-hydrogen) atoms. The largest absolute Gasteiger partial charge is 0.457 e. The summed E-state index contributed by atoms with van der Waals surface area (Å²) in [6.07, 6.45) is 5.78. The molecule has 1 amide bonds. The van der Waals surface area contributed by atoms with E-state index < -0.39 is 30.1 Å². The third kappa shape index (κ3) is 8.28. The quantitative estimate of drug-likeness (QED) is 0.384. The summed E-state index contributed by atoms with van der Waals surface area (Å²) in [6, 6.07) is 3.44. The van der Waals surface area contributed by atoms with Crippen molar-refractivity contribution >= 4 is 29.2 Å². The Morgan fingerprint density at radius 1 is 1.11 bits per heavy atom. The number of carbonyl (C=O) groups excluding carboxylic acids is 2. The first-order chi connectivity index (χ1) is 21.6. The molecular formula is C33H47FN6O5. The van der Waals surface area contributed by atoms with E-state index in [1.165, 1.54) is 6.07 Å². The molecule has 246 valence electrons. The number of benzene rings is 1. The van der Waals surface area contributed by atoms with Gasteiger partial charge in [0.15, 0.2) is 5.82 Å². The van der Waals surface area contributed by atoms with Gasteiger partial charge in [0.1, 0.15) is 17.7 Å². The first-order valence-corrected chi connectivity index (χ1v) is 16.2. The minimum atomic E-state index is -0.878. The molecule has 3 aliphatic rings. The zero-order chi connectivity index (χ0) is 32.1. The van der Waals surface area contributed by atoms with Crippen LogP contribution in [0.4, 0.5) is 9.18 Å². The number of piperazine rings is 1. The summed E-state index contributed by atoms with van der Waals surface area (Å²) in [5.74, 6) is -1.33. The van der Waals surface area contributed by atoms with Crippen molar-refractivity contribution in [2.24, 2.45) is 11.8 Å². The van der Waals surface area contributed by atoms with Crippen LogP contribution in [-0.4, -0.2) is 107 Å². The molecular weight excluding hydrogens is 579 g/mol. The van der Waals surface area contributed by atoms with Gasteiger partial charge in [-0.25, -0.2) is 13.9 Å². The van der Waals surface area contributed by atoms with Crippen LogP contribution in [0.1, 0.15) is 64.5 Å². The van der Waals surface area contributed by atoms with Gasteiger partial charge in [-0.3, -0.25) is 4.79 Å². The lowest BCUT2D eigenvalue weighted by Gasteiger charge is -2.33. The van der Waals surface area contributed by atoms with E-state index in [2.05, 4.69) is 20.5 Å². The van der Waals surface area contributed by atoms with Crippen LogP contribution in [0.25, 0.3) is 17.1 Å². The van der Waals surface area contributed by atoms with Crippen molar-refractivity contribution in [2.75, 3.05) is 46.3 Å². The Morgan fingerprint density at radius 2 is 1.84 bits per heavy atom. The maximum absolute atomic E-state index is 15.2. The van der Waals surface area contributed by atoms with Crippen LogP contribution in [-0.2, 0) is 14.3 Å². The van der Waals surface area contributed by atoms with Crippen molar-refractivity contribution in [3.63, 3.8) is 0 Å². The fourth-order valence-electron chi connectivity index (χ4n) is 6.40. The Morgan fingerprint density at radius 3 is 2.58 bits per heavy atom. The predicted octanol–water partition coefficient (Wildman–Crippen LogP) is 3.94. The first-order valence-electron chi connectivity index (χ1n) is 16.2. The number of carbonyl (C=O) groups is 2. The zero-order valence-corrected chi connectivity index (χ0v) is 26.8. The predicted molar refractivity (Wildman–Crippen MR) is 169 cm³/mol. The SMILES string of the molecule is C/C(=C\c1cc(F)c2nnn(C3CCNCC3)c2c1)[C@H]1OC(=O)C[C@H](O)CC[C@H](C)[C@@H](OC(=O)N2CCN(C)CC2)/C=C/[C@@H]1C. The Labute approximate surface area is 264 Å². The van der Waals surface area contributed by atoms with Crippen LogP contribution in [0.2, 0.25) is 0 Å². The standard InChI is InChI=1S/C33H47FN6O5/c1-21-5-7-26(41)20-30(42)45-32(22(2)6-8-29(21)44-33(43)39-15-13-38(4)14-16-39)23(3)17-24-18-27(34)31-28(19-24)40(37-36-31)25-9-11-35-12-10-25/h6,8,17-19,21-22,25-26,29,32,35,41H,5,7,9-16,20H2,1-4H3/b8-6+,23-17+/t21-,22-,26+,29-,32-/m0/s1. The number of rotatable bonds is 4. The molecule has 0 radical (unpaired) electrons. The number of aromatic nitrogens is 3. The molecule has 0 unspecified atom stereocenters. The number of halogens is 1. The van der Waals surface area contributed by atoms with Crippen molar-refractivity contribution in [3.05, 3.63) is 41.2 Å². The van der Waals surface area contributed by atoms with Gasteiger partial charge >= 0.3 is 12.1 Å². The van der Waals surface area contributed by atoms with Crippen LogP contribution in [0.5, 0.6) is 0 Å². The highest BCUT2D eigenvalue weighted by atomic mass is 19.1. The Hall–Kier alpha value is -3.35. The van der Waals surface area contributed by atoms with Crippen LogP contribution in [0.3, 0.4) is 0 Å². The summed E-state index contributed by atoms with van der Waals surface area (Å²) in [7, 11) is 2.03. The number of fused-ring (bicyclic) bond motifs is 1. The fourth-order valence-corrected chi connectivity index (χ4v) is 6.40. The molecule has 5 rings (SSSR count). The van der Waals surface area contributed by atoms with E-state index in [0.717, 1.165) is 39.0 Å². The molecule has 3 aliphatic heterocycles. The number of piperidine rings is 1. The van der Waals surface area contributed by atoms with E-state index in [9.17, 15) is 14.7 Å². The monoisotopic (exact) mass is 626 g/mol. The lowest BCUT2D eigenvalue weighted by Crippen LogP contribution is -2.48. The summed E-state index contributed by atoms with van der Waals surface area (Å²) >= 11 is 0. The van der Waals surface area contributed by atoms with Crippen LogP contribution < -0.4 is 5.32 Å². The van der Waals surface area contributed by atoms with Gasteiger partial charge in [-0.1, -0.05) is 31.2 Å². The van der Waals surface area contributed by atoms with Gasteiger partial charge in [-0.05, 0) is 88.0 Å². The number of likely N-dealkylation sites (N-methyl/N-ethyl adjacent to an activating group) is 1. The zero-order valence-electron chi connectivity index (χ0n) is 26.8. The molecule has 2 N–H and O–H groups in total. The van der Waals surface area contributed by atoms with Gasteiger partial charge in [0.2, 0.25) is 0 Å². The maximum atomic E-state index is 15.2. The Bertz CT molecular complexity index is 1400. The molecule has 2 fully saturated rings. The highest BCUT2D eigenvalue weighted by Gasteiger charge is 2.29. The number of hydrogen-bond donors (Lipinski definition) is 2. The number of esters is 1. The van der Waals surface area contributed by atoms with Gasteiger partial charge in [0, 0.05) is 32.1 Å². The molecule has 0 bridgehead atoms. The highest BCUT2D eigenvalue weighted by molar-refractivity contribution is 5.79. The molecule has 12 heteroatoms. The third-order valence-electron chi connectivity index (χ3n) is 9.31. The summed E-state index contributed by atoms with van der Waals surface area (Å²) in [5, 5.41) is 22.4. The van der Waals surface area contributed by atoms with Crippen molar-refractivity contribution < 1.29 is 28.6 Å². The number of hydrogen-bond acceptors (Lipinski definition) is 9. The van der Waals surface area contributed by atoms with Crippen molar-refractivity contribution in [1.82, 2.24) is 30.1 Å². The molecule has 4 heterocycles. The molecule has 0 saturated carbocycles. The summed E-state index contributed by atoms with van der Waals surface area (Å²) in [4.78, 5) is 29.9. The normalized spacial score (nSPS) is 29.1. The first kappa shape index (κ1) is 33.0. The molecule has 2 saturated heterocycles. The molecule has 1 aromatic heterocycles. The second-order valence-electron chi connectivity index (χ2n) is 13.0. The average Bonchev–Trinajstić information content (AvgIpc) is 3.45. The Balaban J connectivity index is 1.40. The number of aliphatic hydroxyl groups excluding tert-OH is 1. The van der Waals surface area contributed by atoms with Gasteiger partial charge in [-0.2, -0.15) is 0 Å². The summed E-state index contributed by atoms with van der Waals surface area (Å²) in [5.41, 5.74) is 2.19. The smallest absolute Gasteiger partial charge is 0.410 e. The van der Waals surface area contributed by atoms with E-state index in [1.54, 1.807) is 4.90 Å². The molecule has 0 aliphatic carbocycles. The minimum Gasteiger partial charge on any atom is -0.457 e. The minimum absolute atomic E-state index is 0.0711. The maximum Gasteiger partial charge on any atom is 0.410 e. The van der Waals surface area contributed by atoms with Gasteiger partial charge in [0.25, 0.3) is 0 Å². The van der Waals surface area contributed by atoms with E-state index in [4.69, 9.17) is 9.47 Å². The van der Waals surface area contributed by atoms with E-state index >= 15 is 4.39 Å². The second kappa shape index (κ2) is 14.8. The van der Waals surface area contributed by atoms with Crippen molar-refractivity contribution in [3.8, 4) is 0 Å². The third-order valence-corrected chi connectivity index (χ3v) is 9.31. The number of amides is 1. The summed E-state index contributed by atoms with van der Waals surface area (Å²) in [6.45, 7) is 10.3. The fraction of sp³-hybridized carbons (Fsp3) is 0.636. The van der Waals surface area contributed by atoms with Crippen molar-refractivity contribution in [1.29, 1.82) is 0 Å². The molecule has 11 nitrogen and oxygen atoms in total. The lowest BCUT2D eigenvalue weighted by atomic mass is 9.91. The van der Waals surface area contributed by atoms with Crippen LogP contribution in [0.15, 0.2) is 29.9 Å². The van der Waals surface area contributed by atoms with E-state index in [0.29, 0.717) is 42.6 Å². The molecule has 5 atom stereocenters. The lowest BCUT2D eigenvalue weighted by molar-refractivity contribution is -0.151. The number of nitrogens with zero attached hydrogens (tertiary/aromatic N) is 5. The summed E-state index contributed by atoms with van der Waals surface area (Å²) < 4.78 is 29.0. The number of ether oxygens (including phenoxy) is 2. The molecule has 2 aromatic rings. The van der Waals surface area contributed by atoms with Gasteiger partial charge < -0.3 is 29.7 Å². The van der Waals surface area contributed by atoms with Gasteiger partial charge in [-0.15, -0.1) is 5.10 Å². The number of aliphatic hydroxyl groups is 1. The van der Waals surface area contributed by atoms with Crippen LogP contribution >= 0.6 is 0 Å². The topological polar surface area (TPSA) is 122 Å². The number of nitrogens with one attached hydrogen (secondary N) is 1. The average molecular weight is 627 g/mol.